The number of nitrogens with one attached hydrogen (secondary N) is 2. The summed E-state index contributed by atoms with van der Waals surface area (Å²) < 4.78 is 27.5. The second kappa shape index (κ2) is 13.8. The van der Waals surface area contributed by atoms with Crippen molar-refractivity contribution >= 4 is 11.7 Å². The molecule has 7 heteroatoms. The van der Waals surface area contributed by atoms with E-state index in [9.17, 15) is 23.5 Å². The van der Waals surface area contributed by atoms with Crippen molar-refractivity contribution in [3.05, 3.63) is 106 Å². The third-order valence-corrected chi connectivity index (χ3v) is 6.22. The van der Waals surface area contributed by atoms with Gasteiger partial charge in [0, 0.05) is 37.6 Å². The van der Waals surface area contributed by atoms with Crippen molar-refractivity contribution < 1.29 is 23.5 Å². The van der Waals surface area contributed by atoms with Gasteiger partial charge >= 0.3 is 0 Å². The quantitative estimate of drug-likeness (QED) is 0.293. The zero-order valence-corrected chi connectivity index (χ0v) is 21.3. The molecule has 0 aliphatic heterocycles. The lowest BCUT2D eigenvalue weighted by Gasteiger charge is -2.25. The third-order valence-electron chi connectivity index (χ3n) is 6.22. The number of carbonyl (C=O) groups excluding carboxylic acids is 2. The van der Waals surface area contributed by atoms with E-state index in [1.54, 1.807) is 12.1 Å². The average Bonchev–Trinajstić information content (AvgIpc) is 2.86. The monoisotopic (exact) mass is 508 g/mol. The molecule has 3 aromatic rings. The number of rotatable bonds is 13. The van der Waals surface area contributed by atoms with Gasteiger partial charge in [-0.05, 0) is 48.6 Å². The van der Waals surface area contributed by atoms with Gasteiger partial charge in [0.15, 0.2) is 5.78 Å². The molecule has 0 fully saturated rings. The van der Waals surface area contributed by atoms with Gasteiger partial charge in [0.05, 0.1) is 12.1 Å². The Morgan fingerprint density at radius 2 is 1.57 bits per heavy atom. The number of Topliss-reactive ketones (excluding diaryl/α,β-unsaturated/α-hetero) is 1. The van der Waals surface area contributed by atoms with Crippen molar-refractivity contribution in [1.82, 2.24) is 10.6 Å². The fourth-order valence-electron chi connectivity index (χ4n) is 4.12. The van der Waals surface area contributed by atoms with Crippen molar-refractivity contribution in [1.29, 1.82) is 0 Å². The number of aryl methyl sites for hydroxylation is 2. The van der Waals surface area contributed by atoms with Crippen molar-refractivity contribution in [3.8, 4) is 0 Å². The summed E-state index contributed by atoms with van der Waals surface area (Å²) in [6.07, 6.45) is -0.137. The molecule has 5 nitrogen and oxygen atoms in total. The zero-order chi connectivity index (χ0) is 26.8. The average molecular weight is 509 g/mol. The Hall–Kier alpha value is -3.42. The number of ketones is 1. The van der Waals surface area contributed by atoms with Gasteiger partial charge in [-0.25, -0.2) is 8.78 Å². The van der Waals surface area contributed by atoms with Gasteiger partial charge in [0.25, 0.3) is 0 Å². The first-order chi connectivity index (χ1) is 17.7. The Labute approximate surface area is 216 Å². The molecule has 0 aromatic heterocycles. The molecular weight excluding hydrogens is 474 g/mol. The number of amides is 1. The summed E-state index contributed by atoms with van der Waals surface area (Å²) >= 11 is 0. The molecule has 0 aliphatic carbocycles. The summed E-state index contributed by atoms with van der Waals surface area (Å²) in [5, 5.41) is 16.8. The summed E-state index contributed by atoms with van der Waals surface area (Å²) in [7, 11) is 0. The van der Waals surface area contributed by atoms with Crippen LogP contribution in [0.1, 0.15) is 52.4 Å². The summed E-state index contributed by atoms with van der Waals surface area (Å²) in [5.74, 6) is -2.04. The predicted molar refractivity (Wildman–Crippen MR) is 140 cm³/mol. The standard InChI is InChI=1S/C30H34F2N2O3/c1-3-21-5-4-6-22(13-21)18-33-19-29(36)27(16-23-14-25(31)17-26(32)15-23)34-30(37)12-11-28(35)24-9-7-20(2)8-10-24/h4-10,13-15,17,27,29,33,36H,3,11-12,16,18-19H2,1-2H3,(H,34,37). The number of hydrogen-bond donors (Lipinski definition) is 3. The van der Waals surface area contributed by atoms with Crippen molar-refractivity contribution in [3.63, 3.8) is 0 Å². The van der Waals surface area contributed by atoms with E-state index >= 15 is 0 Å². The molecule has 3 N–H and O–H groups in total. The van der Waals surface area contributed by atoms with Gasteiger partial charge in [-0.1, -0.05) is 61.0 Å². The predicted octanol–water partition coefficient (Wildman–Crippen LogP) is 4.68. The van der Waals surface area contributed by atoms with E-state index in [4.69, 9.17) is 0 Å². The topological polar surface area (TPSA) is 78.4 Å². The van der Waals surface area contributed by atoms with Gasteiger partial charge in [0.1, 0.15) is 11.6 Å². The van der Waals surface area contributed by atoms with Crippen LogP contribution in [0.5, 0.6) is 0 Å². The summed E-state index contributed by atoms with van der Waals surface area (Å²) in [6, 6.07) is 17.5. The van der Waals surface area contributed by atoms with Crippen molar-refractivity contribution in [2.75, 3.05) is 6.54 Å². The van der Waals surface area contributed by atoms with Crippen LogP contribution < -0.4 is 10.6 Å². The molecule has 2 unspecified atom stereocenters. The second-order valence-corrected chi connectivity index (χ2v) is 9.32. The van der Waals surface area contributed by atoms with E-state index in [2.05, 4.69) is 23.6 Å². The van der Waals surface area contributed by atoms with Crippen molar-refractivity contribution in [2.24, 2.45) is 0 Å². The van der Waals surface area contributed by atoms with E-state index in [0.29, 0.717) is 17.7 Å². The van der Waals surface area contributed by atoms with Crippen LogP contribution in [-0.2, 0) is 24.2 Å². The molecule has 196 valence electrons. The molecule has 0 bridgehead atoms. The van der Waals surface area contributed by atoms with Crippen LogP contribution >= 0.6 is 0 Å². The van der Waals surface area contributed by atoms with E-state index in [1.807, 2.05) is 37.3 Å². The number of hydrogen-bond acceptors (Lipinski definition) is 4. The highest BCUT2D eigenvalue weighted by atomic mass is 19.1. The molecule has 1 amide bonds. The normalized spacial score (nSPS) is 12.7. The third kappa shape index (κ3) is 9.19. The maximum absolute atomic E-state index is 13.8. The number of benzene rings is 3. The van der Waals surface area contributed by atoms with E-state index in [1.165, 1.54) is 17.7 Å². The fourth-order valence-corrected chi connectivity index (χ4v) is 4.12. The van der Waals surface area contributed by atoms with Gasteiger partial charge in [-0.2, -0.15) is 0 Å². The molecule has 37 heavy (non-hydrogen) atoms. The maximum atomic E-state index is 13.8. The van der Waals surface area contributed by atoms with Crippen LogP contribution in [-0.4, -0.2) is 35.5 Å². The molecular formula is C30H34F2N2O3. The second-order valence-electron chi connectivity index (χ2n) is 9.32. The number of halogens is 2. The number of aliphatic hydroxyl groups excluding tert-OH is 1. The molecule has 0 spiro atoms. The first-order valence-corrected chi connectivity index (χ1v) is 12.5. The summed E-state index contributed by atoms with van der Waals surface area (Å²) in [5.41, 5.74) is 4.15. The van der Waals surface area contributed by atoms with Crippen LogP contribution in [0, 0.1) is 18.6 Å². The minimum Gasteiger partial charge on any atom is -0.390 e. The van der Waals surface area contributed by atoms with Crippen LogP contribution in [0.25, 0.3) is 0 Å². The van der Waals surface area contributed by atoms with Crippen LogP contribution in [0.4, 0.5) is 8.78 Å². The van der Waals surface area contributed by atoms with Crippen molar-refractivity contribution in [2.45, 2.75) is 58.2 Å². The first kappa shape index (κ1) is 28.2. The summed E-state index contributed by atoms with van der Waals surface area (Å²) in [6.45, 7) is 4.68. The molecule has 3 rings (SSSR count). The van der Waals surface area contributed by atoms with E-state index in [0.717, 1.165) is 23.6 Å². The maximum Gasteiger partial charge on any atom is 0.220 e. The lowest BCUT2D eigenvalue weighted by atomic mass is 9.99. The minimum absolute atomic E-state index is 0.0122. The molecule has 2 atom stereocenters. The molecule has 0 aliphatic rings. The fraction of sp³-hybridized carbons (Fsp3) is 0.333. The molecule has 0 saturated heterocycles. The highest BCUT2D eigenvalue weighted by Crippen LogP contribution is 2.13. The van der Waals surface area contributed by atoms with Crippen LogP contribution in [0.2, 0.25) is 0 Å². The first-order valence-electron chi connectivity index (χ1n) is 12.5. The van der Waals surface area contributed by atoms with Gasteiger partial charge in [-0.15, -0.1) is 0 Å². The highest BCUT2D eigenvalue weighted by Gasteiger charge is 2.23. The molecule has 0 heterocycles. The van der Waals surface area contributed by atoms with Gasteiger partial charge in [0.2, 0.25) is 5.91 Å². The lowest BCUT2D eigenvalue weighted by Crippen LogP contribution is -2.48. The lowest BCUT2D eigenvalue weighted by molar-refractivity contribution is -0.122. The van der Waals surface area contributed by atoms with Gasteiger partial charge in [-0.3, -0.25) is 9.59 Å². The SMILES string of the molecule is CCc1cccc(CNCC(O)C(Cc2cc(F)cc(F)c2)NC(=O)CCC(=O)c2ccc(C)cc2)c1. The highest BCUT2D eigenvalue weighted by molar-refractivity contribution is 5.98. The number of carbonyl (C=O) groups is 2. The van der Waals surface area contributed by atoms with E-state index < -0.39 is 29.7 Å². The Bertz CT molecular complexity index is 1180. The largest absolute Gasteiger partial charge is 0.390 e. The Morgan fingerprint density at radius 3 is 2.24 bits per heavy atom. The Balaban J connectivity index is 1.62. The molecule has 0 radical (unpaired) electrons. The number of aliphatic hydroxyl groups is 1. The Kier molecular flexibility index (Phi) is 10.5. The van der Waals surface area contributed by atoms with Crippen LogP contribution in [0.15, 0.2) is 66.7 Å². The summed E-state index contributed by atoms with van der Waals surface area (Å²) in [4.78, 5) is 25.1. The van der Waals surface area contributed by atoms with E-state index in [-0.39, 0.29) is 31.6 Å². The smallest absolute Gasteiger partial charge is 0.220 e. The zero-order valence-electron chi connectivity index (χ0n) is 21.3. The van der Waals surface area contributed by atoms with Crippen LogP contribution in [0.3, 0.4) is 0 Å². The molecule has 0 saturated carbocycles. The molecule has 3 aromatic carbocycles. The Morgan fingerprint density at radius 1 is 0.892 bits per heavy atom. The van der Waals surface area contributed by atoms with Gasteiger partial charge < -0.3 is 15.7 Å². The minimum atomic E-state index is -1.03.